The van der Waals surface area contributed by atoms with Gasteiger partial charge in [0.05, 0.1) is 6.04 Å². The summed E-state index contributed by atoms with van der Waals surface area (Å²) in [5.74, 6) is 1.68. The van der Waals surface area contributed by atoms with E-state index in [0.717, 1.165) is 17.9 Å². The van der Waals surface area contributed by atoms with E-state index in [1.165, 1.54) is 37.7 Å². The number of nitrogens with zero attached hydrogens (tertiary/aromatic N) is 1. The minimum absolute atomic E-state index is 0.125. The van der Waals surface area contributed by atoms with Crippen LogP contribution in [-0.2, 0) is 17.8 Å². The number of likely N-dealkylation sites (N-methyl/N-ethyl adjacent to an activating group) is 1. The minimum Gasteiger partial charge on any atom is -0.508 e. The highest BCUT2D eigenvalue weighted by molar-refractivity contribution is 5.82. The summed E-state index contributed by atoms with van der Waals surface area (Å²) in [5, 5.41) is 13.1. The Morgan fingerprint density at radius 3 is 2.65 bits per heavy atom. The van der Waals surface area contributed by atoms with Crippen molar-refractivity contribution < 1.29 is 9.90 Å². The number of fused-ring (bicyclic) bond motifs is 1. The molecule has 0 spiro atoms. The zero-order valence-electron chi connectivity index (χ0n) is 16.5. The van der Waals surface area contributed by atoms with Gasteiger partial charge in [0, 0.05) is 12.6 Å². The smallest absolute Gasteiger partial charge is 0.237 e. The van der Waals surface area contributed by atoms with Crippen molar-refractivity contribution in [2.45, 2.75) is 77.4 Å². The van der Waals surface area contributed by atoms with E-state index in [1.54, 1.807) is 6.07 Å². The van der Waals surface area contributed by atoms with Gasteiger partial charge in [-0.3, -0.25) is 9.69 Å². The minimum atomic E-state index is -0.125. The zero-order chi connectivity index (χ0) is 18.7. The van der Waals surface area contributed by atoms with Crippen molar-refractivity contribution in [1.29, 1.82) is 0 Å². The van der Waals surface area contributed by atoms with Crippen LogP contribution in [0.3, 0.4) is 0 Å². The highest BCUT2D eigenvalue weighted by Gasteiger charge is 2.31. The van der Waals surface area contributed by atoms with Crippen molar-refractivity contribution in [3.05, 3.63) is 29.3 Å². The summed E-state index contributed by atoms with van der Waals surface area (Å²) in [6.07, 6.45) is 8.53. The fourth-order valence-electron chi connectivity index (χ4n) is 4.55. The molecule has 0 aromatic heterocycles. The van der Waals surface area contributed by atoms with Crippen LogP contribution in [0.4, 0.5) is 0 Å². The number of hydrogen-bond donors (Lipinski definition) is 2. The molecule has 4 nitrogen and oxygen atoms in total. The molecule has 1 unspecified atom stereocenters. The third-order valence-corrected chi connectivity index (χ3v) is 6.30. The number of phenols is 1. The zero-order valence-corrected chi connectivity index (χ0v) is 16.5. The van der Waals surface area contributed by atoms with Gasteiger partial charge in [-0.1, -0.05) is 52.0 Å². The standard InChI is InChI=1S/C22H34N2O2/c1-15(2)20(11-16-7-5-4-6-8-16)23-22(26)21-13-17-9-10-19(25)12-18(17)14-24(21)3/h9-10,12,15-16,20-21,25H,4-8,11,13-14H2,1-3H3,(H,23,26)/t20-,21?/m1/s1. The summed E-state index contributed by atoms with van der Waals surface area (Å²) >= 11 is 0. The Morgan fingerprint density at radius 2 is 1.96 bits per heavy atom. The van der Waals surface area contributed by atoms with E-state index < -0.39 is 0 Å². The molecule has 1 amide bonds. The Morgan fingerprint density at radius 1 is 1.23 bits per heavy atom. The number of amides is 1. The molecular formula is C22H34N2O2. The van der Waals surface area contributed by atoms with E-state index in [-0.39, 0.29) is 18.0 Å². The van der Waals surface area contributed by atoms with Gasteiger partial charge < -0.3 is 10.4 Å². The normalized spacial score (nSPS) is 22.8. The van der Waals surface area contributed by atoms with Crippen molar-refractivity contribution in [1.82, 2.24) is 10.2 Å². The molecule has 2 aliphatic rings. The molecule has 1 heterocycles. The lowest BCUT2D eigenvalue weighted by atomic mass is 9.82. The van der Waals surface area contributed by atoms with Crippen LogP contribution in [0.1, 0.15) is 63.5 Å². The molecule has 1 saturated carbocycles. The van der Waals surface area contributed by atoms with Crippen molar-refractivity contribution >= 4 is 5.91 Å². The predicted molar refractivity (Wildman–Crippen MR) is 105 cm³/mol. The summed E-state index contributed by atoms with van der Waals surface area (Å²) < 4.78 is 0. The monoisotopic (exact) mass is 358 g/mol. The fourth-order valence-corrected chi connectivity index (χ4v) is 4.55. The van der Waals surface area contributed by atoms with Gasteiger partial charge in [0.1, 0.15) is 5.75 Å². The first-order chi connectivity index (χ1) is 12.4. The van der Waals surface area contributed by atoms with Gasteiger partial charge in [-0.15, -0.1) is 0 Å². The van der Waals surface area contributed by atoms with Crippen LogP contribution in [0.5, 0.6) is 5.75 Å². The fraction of sp³-hybridized carbons (Fsp3) is 0.682. The predicted octanol–water partition coefficient (Wildman–Crippen LogP) is 3.86. The Balaban J connectivity index is 1.64. The molecule has 1 aliphatic carbocycles. The van der Waals surface area contributed by atoms with Crippen LogP contribution in [0.15, 0.2) is 18.2 Å². The lowest BCUT2D eigenvalue weighted by Gasteiger charge is -2.36. The maximum Gasteiger partial charge on any atom is 0.237 e. The number of phenolic OH excluding ortho intramolecular Hbond substituents is 1. The molecule has 1 fully saturated rings. The second-order valence-electron chi connectivity index (χ2n) is 8.69. The van der Waals surface area contributed by atoms with Crippen molar-refractivity contribution in [3.63, 3.8) is 0 Å². The van der Waals surface area contributed by atoms with E-state index in [4.69, 9.17) is 0 Å². The third-order valence-electron chi connectivity index (χ3n) is 6.30. The second kappa shape index (κ2) is 8.43. The number of carbonyl (C=O) groups excluding carboxylic acids is 1. The molecule has 0 bridgehead atoms. The number of carbonyl (C=O) groups is 1. The van der Waals surface area contributed by atoms with Crippen LogP contribution in [0.25, 0.3) is 0 Å². The Hall–Kier alpha value is -1.55. The molecular weight excluding hydrogens is 324 g/mol. The number of hydrogen-bond acceptors (Lipinski definition) is 3. The van der Waals surface area contributed by atoms with E-state index in [9.17, 15) is 9.90 Å². The van der Waals surface area contributed by atoms with Gasteiger partial charge in [-0.05, 0) is 55.0 Å². The topological polar surface area (TPSA) is 52.6 Å². The summed E-state index contributed by atoms with van der Waals surface area (Å²) in [5.41, 5.74) is 2.30. The van der Waals surface area contributed by atoms with Crippen molar-refractivity contribution in [2.75, 3.05) is 7.05 Å². The molecule has 1 aliphatic heterocycles. The highest BCUT2D eigenvalue weighted by Crippen LogP contribution is 2.30. The number of rotatable bonds is 5. The molecule has 144 valence electrons. The summed E-state index contributed by atoms with van der Waals surface area (Å²) in [4.78, 5) is 15.1. The van der Waals surface area contributed by atoms with Gasteiger partial charge in [0.2, 0.25) is 5.91 Å². The first kappa shape index (κ1) is 19.2. The molecule has 2 N–H and O–H groups in total. The van der Waals surface area contributed by atoms with Crippen LogP contribution in [0, 0.1) is 11.8 Å². The Kier molecular flexibility index (Phi) is 6.23. The van der Waals surface area contributed by atoms with Crippen molar-refractivity contribution in [3.8, 4) is 5.75 Å². The van der Waals surface area contributed by atoms with Gasteiger partial charge in [-0.25, -0.2) is 0 Å². The summed E-state index contributed by atoms with van der Waals surface area (Å²) in [6, 6.07) is 5.64. The van der Waals surface area contributed by atoms with Gasteiger partial charge >= 0.3 is 0 Å². The molecule has 2 atom stereocenters. The van der Waals surface area contributed by atoms with Gasteiger partial charge in [0.15, 0.2) is 0 Å². The first-order valence-corrected chi connectivity index (χ1v) is 10.3. The molecule has 4 heteroatoms. The molecule has 3 rings (SSSR count). The largest absolute Gasteiger partial charge is 0.508 e. The Bertz CT molecular complexity index is 623. The van der Waals surface area contributed by atoms with E-state index in [2.05, 4.69) is 24.1 Å². The number of aromatic hydroxyl groups is 1. The third kappa shape index (κ3) is 4.59. The lowest BCUT2D eigenvalue weighted by molar-refractivity contribution is -0.127. The number of nitrogens with one attached hydrogen (secondary N) is 1. The first-order valence-electron chi connectivity index (χ1n) is 10.3. The molecule has 1 aromatic rings. The Labute approximate surface area is 158 Å². The molecule has 0 saturated heterocycles. The van der Waals surface area contributed by atoms with Crippen LogP contribution in [0.2, 0.25) is 0 Å². The van der Waals surface area contributed by atoms with E-state index >= 15 is 0 Å². The van der Waals surface area contributed by atoms with Crippen molar-refractivity contribution in [2.24, 2.45) is 11.8 Å². The average Bonchev–Trinajstić information content (AvgIpc) is 2.61. The second-order valence-corrected chi connectivity index (χ2v) is 8.69. The van der Waals surface area contributed by atoms with E-state index in [0.29, 0.717) is 24.6 Å². The summed E-state index contributed by atoms with van der Waals surface area (Å²) in [6.45, 7) is 5.14. The average molecular weight is 359 g/mol. The molecule has 26 heavy (non-hydrogen) atoms. The maximum absolute atomic E-state index is 13.0. The highest BCUT2D eigenvalue weighted by atomic mass is 16.3. The lowest BCUT2D eigenvalue weighted by Crippen LogP contribution is -2.52. The molecule has 0 radical (unpaired) electrons. The SMILES string of the molecule is CC(C)[C@@H](CC1CCCCC1)NC(=O)C1Cc2ccc(O)cc2CN1C. The van der Waals surface area contributed by atoms with Gasteiger partial charge in [0.25, 0.3) is 0 Å². The van der Waals surface area contributed by atoms with Gasteiger partial charge in [-0.2, -0.15) is 0 Å². The maximum atomic E-state index is 13.0. The number of benzene rings is 1. The quantitative estimate of drug-likeness (QED) is 0.840. The van der Waals surface area contributed by atoms with E-state index in [1.807, 2.05) is 19.2 Å². The summed E-state index contributed by atoms with van der Waals surface area (Å²) in [7, 11) is 2.00. The van der Waals surface area contributed by atoms with Crippen LogP contribution < -0.4 is 5.32 Å². The molecule has 1 aromatic carbocycles. The van der Waals surface area contributed by atoms with Crippen LogP contribution >= 0.6 is 0 Å². The van der Waals surface area contributed by atoms with Crippen LogP contribution in [-0.4, -0.2) is 35.0 Å².